The summed E-state index contributed by atoms with van der Waals surface area (Å²) in [4.78, 5) is 45.0. The number of carbonyl (C=O) groups is 3. The quantitative estimate of drug-likeness (QED) is 0.730. The van der Waals surface area contributed by atoms with Crippen LogP contribution in [0.5, 0.6) is 0 Å². The molecular weight excluding hydrogens is 356 g/mol. The normalized spacial score (nSPS) is 21.7. The van der Waals surface area contributed by atoms with Gasteiger partial charge in [0.2, 0.25) is 5.91 Å². The van der Waals surface area contributed by atoms with Gasteiger partial charge in [0.25, 0.3) is 5.78 Å². The summed E-state index contributed by atoms with van der Waals surface area (Å²) in [5.74, 6) is -0.623. The van der Waals surface area contributed by atoms with Crippen LogP contribution >= 0.6 is 0 Å². The second-order valence-corrected chi connectivity index (χ2v) is 7.91. The van der Waals surface area contributed by atoms with E-state index in [0.717, 1.165) is 52.1 Å². The zero-order valence-electron chi connectivity index (χ0n) is 16.3. The Morgan fingerprint density at radius 1 is 0.821 bits per heavy atom. The van der Waals surface area contributed by atoms with Crippen LogP contribution in [0.2, 0.25) is 0 Å². The number of likely N-dealkylation sites (tertiary alicyclic amines) is 1. The summed E-state index contributed by atoms with van der Waals surface area (Å²) in [6, 6.07) is 7.17. The number of fused-ring (bicyclic) bond motifs is 1. The molecule has 1 aromatic carbocycles. The third-order valence-corrected chi connectivity index (χ3v) is 6.00. The number of ketones is 1. The zero-order chi connectivity index (χ0) is 19.5. The van der Waals surface area contributed by atoms with Crippen molar-refractivity contribution in [1.82, 2.24) is 14.7 Å². The maximum absolute atomic E-state index is 12.6. The van der Waals surface area contributed by atoms with Crippen molar-refractivity contribution in [3.05, 3.63) is 29.8 Å². The van der Waals surface area contributed by atoms with Gasteiger partial charge in [0.15, 0.2) is 0 Å². The van der Waals surface area contributed by atoms with Crippen LogP contribution < -0.4 is 4.90 Å². The third-order valence-electron chi connectivity index (χ3n) is 6.00. The third kappa shape index (κ3) is 3.95. The highest BCUT2D eigenvalue weighted by Crippen LogP contribution is 2.28. The lowest BCUT2D eigenvalue weighted by Crippen LogP contribution is -2.53. The molecule has 150 valence electrons. The second-order valence-electron chi connectivity index (χ2n) is 7.91. The number of anilines is 1. The lowest BCUT2D eigenvalue weighted by Gasteiger charge is -2.36. The summed E-state index contributed by atoms with van der Waals surface area (Å²) >= 11 is 0. The van der Waals surface area contributed by atoms with E-state index in [2.05, 4.69) is 9.80 Å². The molecule has 7 nitrogen and oxygen atoms in total. The molecular formula is C21H28N4O3. The van der Waals surface area contributed by atoms with Crippen molar-refractivity contribution < 1.29 is 14.4 Å². The topological polar surface area (TPSA) is 64.2 Å². The molecule has 0 aliphatic carbocycles. The van der Waals surface area contributed by atoms with E-state index in [-0.39, 0.29) is 5.91 Å². The summed E-state index contributed by atoms with van der Waals surface area (Å²) < 4.78 is 0. The van der Waals surface area contributed by atoms with Crippen molar-refractivity contribution in [2.45, 2.75) is 25.7 Å². The van der Waals surface area contributed by atoms with Crippen LogP contribution in [0.1, 0.15) is 36.0 Å². The minimum atomic E-state index is -0.444. The van der Waals surface area contributed by atoms with Crippen molar-refractivity contribution in [3.63, 3.8) is 0 Å². The molecule has 3 aliphatic rings. The van der Waals surface area contributed by atoms with E-state index in [0.29, 0.717) is 24.5 Å². The number of para-hydroxylation sites is 1. The van der Waals surface area contributed by atoms with Crippen molar-refractivity contribution in [2.75, 3.05) is 57.4 Å². The minimum Gasteiger partial charge on any atom is -0.342 e. The van der Waals surface area contributed by atoms with E-state index < -0.39 is 11.7 Å². The average molecular weight is 384 g/mol. The van der Waals surface area contributed by atoms with Crippen molar-refractivity contribution >= 4 is 23.3 Å². The summed E-state index contributed by atoms with van der Waals surface area (Å²) in [5, 5.41) is 0. The Morgan fingerprint density at radius 2 is 1.46 bits per heavy atom. The second kappa shape index (κ2) is 8.41. The number of rotatable bonds is 4. The molecule has 0 bridgehead atoms. The number of hydrogen-bond acceptors (Lipinski definition) is 5. The standard InChI is InChI=1S/C21H28N4O3/c26-19(24-9-5-1-2-6-10-24)15-22-11-13-23(14-12-22)16-25-18-8-4-3-7-17(18)20(27)21(25)28/h3-4,7-8H,1-2,5-6,9-16H2. The molecule has 0 spiro atoms. The predicted molar refractivity (Wildman–Crippen MR) is 106 cm³/mol. The summed E-state index contributed by atoms with van der Waals surface area (Å²) in [6.07, 6.45) is 4.68. The fourth-order valence-corrected chi connectivity index (χ4v) is 4.29. The highest BCUT2D eigenvalue weighted by Gasteiger charge is 2.36. The van der Waals surface area contributed by atoms with Gasteiger partial charge >= 0.3 is 5.91 Å². The Morgan fingerprint density at radius 3 is 2.18 bits per heavy atom. The molecule has 2 saturated heterocycles. The predicted octanol–water partition coefficient (Wildman–Crippen LogP) is 1.19. The van der Waals surface area contributed by atoms with Crippen molar-refractivity contribution in [1.29, 1.82) is 0 Å². The van der Waals surface area contributed by atoms with E-state index >= 15 is 0 Å². The Hall–Kier alpha value is -2.25. The largest absolute Gasteiger partial charge is 0.342 e. The summed E-state index contributed by atoms with van der Waals surface area (Å²) in [5.41, 5.74) is 1.20. The van der Waals surface area contributed by atoms with E-state index in [1.165, 1.54) is 12.8 Å². The molecule has 2 amide bonds. The molecule has 3 heterocycles. The Balaban J connectivity index is 1.28. The first kappa shape index (κ1) is 19.1. The van der Waals surface area contributed by atoms with E-state index in [1.54, 1.807) is 17.0 Å². The molecule has 4 rings (SSSR count). The van der Waals surface area contributed by atoms with Gasteiger partial charge in [-0.25, -0.2) is 0 Å². The number of amides is 2. The molecule has 28 heavy (non-hydrogen) atoms. The lowest BCUT2D eigenvalue weighted by atomic mass is 10.1. The van der Waals surface area contributed by atoms with Gasteiger partial charge in [-0.1, -0.05) is 25.0 Å². The van der Waals surface area contributed by atoms with Gasteiger partial charge in [0.1, 0.15) is 0 Å². The van der Waals surface area contributed by atoms with E-state index in [9.17, 15) is 14.4 Å². The van der Waals surface area contributed by atoms with Crippen molar-refractivity contribution in [3.8, 4) is 0 Å². The molecule has 3 aliphatic heterocycles. The Kier molecular flexibility index (Phi) is 5.73. The number of piperazine rings is 1. The first-order valence-corrected chi connectivity index (χ1v) is 10.3. The molecule has 7 heteroatoms. The van der Waals surface area contributed by atoms with Gasteiger partial charge in [-0.2, -0.15) is 0 Å². The van der Waals surface area contributed by atoms with Gasteiger partial charge in [0, 0.05) is 39.3 Å². The monoisotopic (exact) mass is 384 g/mol. The van der Waals surface area contributed by atoms with Gasteiger partial charge in [0.05, 0.1) is 24.5 Å². The SMILES string of the molecule is O=C1C(=O)N(CN2CCN(CC(=O)N3CCCCCC3)CC2)c2ccccc21. The van der Waals surface area contributed by atoms with Crippen molar-refractivity contribution in [2.24, 2.45) is 0 Å². The highest BCUT2D eigenvalue weighted by molar-refractivity contribution is 6.52. The highest BCUT2D eigenvalue weighted by atomic mass is 16.2. The number of hydrogen-bond donors (Lipinski definition) is 0. The molecule has 0 unspecified atom stereocenters. The van der Waals surface area contributed by atoms with E-state index in [4.69, 9.17) is 0 Å². The molecule has 0 saturated carbocycles. The Labute approximate surface area is 165 Å². The van der Waals surface area contributed by atoms with Gasteiger partial charge in [-0.05, 0) is 25.0 Å². The van der Waals surface area contributed by atoms with Gasteiger partial charge in [-0.3, -0.25) is 29.1 Å². The molecule has 0 atom stereocenters. The van der Waals surface area contributed by atoms with Crippen LogP contribution in [0.4, 0.5) is 5.69 Å². The number of carbonyl (C=O) groups excluding carboxylic acids is 3. The smallest absolute Gasteiger partial charge is 0.300 e. The van der Waals surface area contributed by atoms with Crippen LogP contribution in [-0.2, 0) is 9.59 Å². The fraction of sp³-hybridized carbons (Fsp3) is 0.571. The molecule has 2 fully saturated rings. The number of benzene rings is 1. The number of nitrogens with zero attached hydrogens (tertiary/aromatic N) is 4. The lowest BCUT2D eigenvalue weighted by molar-refractivity contribution is -0.132. The average Bonchev–Trinajstić information content (AvgIpc) is 2.92. The first-order chi connectivity index (χ1) is 13.6. The summed E-state index contributed by atoms with van der Waals surface area (Å²) in [6.45, 7) is 5.87. The van der Waals surface area contributed by atoms with Crippen LogP contribution in [0.3, 0.4) is 0 Å². The van der Waals surface area contributed by atoms with Crippen LogP contribution in [0.25, 0.3) is 0 Å². The first-order valence-electron chi connectivity index (χ1n) is 10.3. The van der Waals surface area contributed by atoms with Crippen LogP contribution in [0, 0.1) is 0 Å². The van der Waals surface area contributed by atoms with Gasteiger partial charge < -0.3 is 4.90 Å². The zero-order valence-corrected chi connectivity index (χ0v) is 16.3. The maximum Gasteiger partial charge on any atom is 0.300 e. The maximum atomic E-state index is 12.6. The van der Waals surface area contributed by atoms with Crippen LogP contribution in [0.15, 0.2) is 24.3 Å². The molecule has 0 radical (unpaired) electrons. The van der Waals surface area contributed by atoms with Gasteiger partial charge in [-0.15, -0.1) is 0 Å². The summed E-state index contributed by atoms with van der Waals surface area (Å²) in [7, 11) is 0. The minimum absolute atomic E-state index is 0.240. The molecule has 0 N–H and O–H groups in total. The van der Waals surface area contributed by atoms with Crippen LogP contribution in [-0.4, -0.2) is 84.8 Å². The fourth-order valence-electron chi connectivity index (χ4n) is 4.29. The number of Topliss-reactive ketones (excluding diaryl/α,β-unsaturated/α-hetero) is 1. The Bertz CT molecular complexity index is 750. The van der Waals surface area contributed by atoms with E-state index in [1.807, 2.05) is 17.0 Å². The molecule has 1 aromatic rings. The molecule has 0 aromatic heterocycles.